The van der Waals surface area contributed by atoms with E-state index >= 15 is 0 Å². The molecule has 5 nitrogen and oxygen atoms in total. The predicted octanol–water partition coefficient (Wildman–Crippen LogP) is -0.265. The van der Waals surface area contributed by atoms with E-state index in [1.165, 1.54) is 12.1 Å². The van der Waals surface area contributed by atoms with E-state index in [4.69, 9.17) is 11.5 Å². The Balaban J connectivity index is 2.81. The van der Waals surface area contributed by atoms with Gasteiger partial charge in [-0.25, -0.2) is 0 Å². The predicted molar refractivity (Wildman–Crippen MR) is 47.1 cm³/mol. The molecule has 5 N–H and O–H groups in total. The van der Waals surface area contributed by atoms with E-state index < -0.39 is 11.8 Å². The summed E-state index contributed by atoms with van der Waals surface area (Å²) < 4.78 is 0. The first kappa shape index (κ1) is 7.60. The van der Waals surface area contributed by atoms with E-state index in [0.717, 1.165) is 0 Å². The van der Waals surface area contributed by atoms with Crippen LogP contribution in [0.2, 0.25) is 0 Å². The van der Waals surface area contributed by atoms with Gasteiger partial charge in [0, 0.05) is 11.4 Å². The van der Waals surface area contributed by atoms with Crippen LogP contribution in [0.4, 0.5) is 11.4 Å². The monoisotopic (exact) mass is 177 g/mol. The van der Waals surface area contributed by atoms with Crippen molar-refractivity contribution in [3.05, 3.63) is 23.3 Å². The van der Waals surface area contributed by atoms with Crippen LogP contribution in [0, 0.1) is 0 Å². The fourth-order valence-electron chi connectivity index (χ4n) is 1.35. The molecular formula is C8H7N3O2. The molecule has 2 rings (SSSR count). The Kier molecular flexibility index (Phi) is 1.30. The first-order valence-corrected chi connectivity index (χ1v) is 3.65. The third-order valence-electron chi connectivity index (χ3n) is 1.95. The lowest BCUT2D eigenvalue weighted by atomic mass is 10.1. The maximum absolute atomic E-state index is 11.2. The second kappa shape index (κ2) is 2.22. The van der Waals surface area contributed by atoms with Gasteiger partial charge in [-0.1, -0.05) is 0 Å². The van der Waals surface area contributed by atoms with Gasteiger partial charge in [-0.05, 0) is 12.1 Å². The zero-order valence-electron chi connectivity index (χ0n) is 6.63. The molecule has 0 atom stereocenters. The highest BCUT2D eigenvalue weighted by molar-refractivity contribution is 6.25. The number of imide groups is 1. The standard InChI is InChI=1S/C8H7N3O2/c9-3-1-2-4(10)6-5(3)7(12)11-8(6)13/h1-2H,9-10H2,(H,11,12,13). The summed E-state index contributed by atoms with van der Waals surface area (Å²) in [6.07, 6.45) is 0. The van der Waals surface area contributed by atoms with Crippen molar-refractivity contribution in [3.8, 4) is 0 Å². The number of anilines is 2. The fraction of sp³-hybridized carbons (Fsp3) is 0. The molecule has 13 heavy (non-hydrogen) atoms. The van der Waals surface area contributed by atoms with Crippen molar-refractivity contribution in [1.29, 1.82) is 0 Å². The van der Waals surface area contributed by atoms with Crippen molar-refractivity contribution in [2.45, 2.75) is 0 Å². The van der Waals surface area contributed by atoms with Crippen LogP contribution in [0.5, 0.6) is 0 Å². The Bertz CT molecular complexity index is 387. The van der Waals surface area contributed by atoms with Crippen molar-refractivity contribution in [1.82, 2.24) is 5.32 Å². The Hall–Kier alpha value is -2.04. The first-order valence-electron chi connectivity index (χ1n) is 3.65. The van der Waals surface area contributed by atoms with Crippen LogP contribution in [-0.2, 0) is 0 Å². The van der Waals surface area contributed by atoms with Gasteiger partial charge in [0.2, 0.25) is 0 Å². The van der Waals surface area contributed by atoms with E-state index in [1.54, 1.807) is 0 Å². The van der Waals surface area contributed by atoms with Gasteiger partial charge >= 0.3 is 0 Å². The van der Waals surface area contributed by atoms with Crippen LogP contribution in [0.3, 0.4) is 0 Å². The van der Waals surface area contributed by atoms with Crippen LogP contribution >= 0.6 is 0 Å². The van der Waals surface area contributed by atoms with Gasteiger partial charge in [0.15, 0.2) is 0 Å². The van der Waals surface area contributed by atoms with Crippen molar-refractivity contribution in [2.24, 2.45) is 0 Å². The topological polar surface area (TPSA) is 98.2 Å². The van der Waals surface area contributed by atoms with Crippen LogP contribution in [0.1, 0.15) is 20.7 Å². The zero-order chi connectivity index (χ0) is 9.59. The average Bonchev–Trinajstić information content (AvgIpc) is 2.36. The number of carbonyl (C=O) groups excluding carboxylic acids is 2. The van der Waals surface area contributed by atoms with Crippen LogP contribution < -0.4 is 16.8 Å². The highest BCUT2D eigenvalue weighted by Gasteiger charge is 2.30. The number of nitrogens with one attached hydrogen (secondary N) is 1. The number of hydrogen-bond acceptors (Lipinski definition) is 4. The summed E-state index contributed by atoms with van der Waals surface area (Å²) in [5, 5.41) is 2.13. The van der Waals surface area contributed by atoms with Crippen molar-refractivity contribution >= 4 is 23.2 Å². The molecular weight excluding hydrogens is 170 g/mol. The second-order valence-corrected chi connectivity index (χ2v) is 2.78. The van der Waals surface area contributed by atoms with Gasteiger partial charge in [-0.15, -0.1) is 0 Å². The second-order valence-electron chi connectivity index (χ2n) is 2.78. The number of amides is 2. The van der Waals surface area contributed by atoms with Gasteiger partial charge < -0.3 is 11.5 Å². The van der Waals surface area contributed by atoms with Gasteiger partial charge in [0.05, 0.1) is 11.1 Å². The molecule has 0 unspecified atom stereocenters. The number of nitrogens with two attached hydrogens (primary N) is 2. The maximum Gasteiger partial charge on any atom is 0.261 e. The molecule has 66 valence electrons. The average molecular weight is 177 g/mol. The largest absolute Gasteiger partial charge is 0.398 e. The third kappa shape index (κ3) is 0.868. The van der Waals surface area contributed by atoms with E-state index in [-0.39, 0.29) is 22.5 Å². The Morgan fingerprint density at radius 2 is 1.31 bits per heavy atom. The van der Waals surface area contributed by atoms with Crippen LogP contribution in [-0.4, -0.2) is 11.8 Å². The van der Waals surface area contributed by atoms with Crippen molar-refractivity contribution in [3.63, 3.8) is 0 Å². The number of benzene rings is 1. The summed E-state index contributed by atoms with van der Waals surface area (Å²) in [6.45, 7) is 0. The summed E-state index contributed by atoms with van der Waals surface area (Å²) in [7, 11) is 0. The highest BCUT2D eigenvalue weighted by atomic mass is 16.2. The minimum absolute atomic E-state index is 0.185. The minimum Gasteiger partial charge on any atom is -0.398 e. The Morgan fingerprint density at radius 3 is 1.69 bits per heavy atom. The highest BCUT2D eigenvalue weighted by Crippen LogP contribution is 2.26. The summed E-state index contributed by atoms with van der Waals surface area (Å²) in [4.78, 5) is 22.4. The fourth-order valence-corrected chi connectivity index (χ4v) is 1.35. The number of carbonyl (C=O) groups is 2. The molecule has 0 fully saturated rings. The van der Waals surface area contributed by atoms with Gasteiger partial charge in [-0.2, -0.15) is 0 Å². The molecule has 1 aromatic rings. The molecule has 2 amide bonds. The lowest BCUT2D eigenvalue weighted by Crippen LogP contribution is -2.20. The normalized spacial score (nSPS) is 14.2. The summed E-state index contributed by atoms with van der Waals surface area (Å²) in [5.74, 6) is -0.963. The number of fused-ring (bicyclic) bond motifs is 1. The molecule has 5 heteroatoms. The van der Waals surface area contributed by atoms with Crippen LogP contribution in [0.15, 0.2) is 12.1 Å². The summed E-state index contributed by atoms with van der Waals surface area (Å²) >= 11 is 0. The third-order valence-corrected chi connectivity index (χ3v) is 1.95. The molecule has 0 saturated carbocycles. The lowest BCUT2D eigenvalue weighted by Gasteiger charge is -2.01. The van der Waals surface area contributed by atoms with Crippen molar-refractivity contribution < 1.29 is 9.59 Å². The number of hydrogen-bond donors (Lipinski definition) is 3. The van der Waals surface area contributed by atoms with E-state index in [9.17, 15) is 9.59 Å². The Morgan fingerprint density at radius 1 is 0.923 bits per heavy atom. The molecule has 1 aromatic carbocycles. The van der Waals surface area contributed by atoms with Crippen molar-refractivity contribution in [2.75, 3.05) is 11.5 Å². The number of rotatable bonds is 0. The minimum atomic E-state index is -0.482. The smallest absolute Gasteiger partial charge is 0.261 e. The molecule has 1 aliphatic rings. The molecule has 0 aromatic heterocycles. The van der Waals surface area contributed by atoms with Gasteiger partial charge in [0.1, 0.15) is 0 Å². The molecule has 0 radical (unpaired) electrons. The molecule has 1 aliphatic heterocycles. The molecule has 0 aliphatic carbocycles. The summed E-state index contributed by atoms with van der Waals surface area (Å²) in [5.41, 5.74) is 12.0. The lowest BCUT2D eigenvalue weighted by molar-refractivity contribution is 0.0880. The first-order chi connectivity index (χ1) is 6.11. The van der Waals surface area contributed by atoms with E-state index in [1.807, 2.05) is 0 Å². The number of nitrogen functional groups attached to an aromatic ring is 2. The maximum atomic E-state index is 11.2. The molecule has 0 spiro atoms. The zero-order valence-corrected chi connectivity index (χ0v) is 6.63. The Labute approximate surface area is 73.7 Å². The molecule has 0 bridgehead atoms. The SMILES string of the molecule is Nc1ccc(N)c2c1C(=O)NC2=O. The molecule has 1 heterocycles. The van der Waals surface area contributed by atoms with Crippen LogP contribution in [0.25, 0.3) is 0 Å². The van der Waals surface area contributed by atoms with Gasteiger partial charge in [0.25, 0.3) is 11.8 Å². The van der Waals surface area contributed by atoms with Gasteiger partial charge in [-0.3, -0.25) is 14.9 Å². The van der Waals surface area contributed by atoms with E-state index in [2.05, 4.69) is 5.32 Å². The van der Waals surface area contributed by atoms with E-state index in [0.29, 0.717) is 0 Å². The quantitative estimate of drug-likeness (QED) is 0.375. The molecule has 0 saturated heterocycles. The summed E-state index contributed by atoms with van der Waals surface area (Å²) in [6, 6.07) is 3.01.